The first-order valence-corrected chi connectivity index (χ1v) is 11.4. The second-order valence-corrected chi connectivity index (χ2v) is 9.60. The van der Waals surface area contributed by atoms with Crippen molar-refractivity contribution in [3.05, 3.63) is 53.6 Å². The summed E-state index contributed by atoms with van der Waals surface area (Å²) in [6, 6.07) is 12.5. The van der Waals surface area contributed by atoms with Gasteiger partial charge in [-0.3, -0.25) is 4.79 Å². The summed E-state index contributed by atoms with van der Waals surface area (Å²) >= 11 is 1.67. The quantitative estimate of drug-likeness (QED) is 0.661. The SMILES string of the molecule is CSc1ccc([C@@H](C)NC(=O)COc2ccc(S(=O)(=O)N(C)C)cc2C)cc1. The van der Waals surface area contributed by atoms with Crippen molar-refractivity contribution in [2.24, 2.45) is 0 Å². The standard InChI is InChI=1S/C20H26N2O4S2/c1-14-12-18(28(24,25)22(3)4)10-11-19(14)26-13-20(23)21-15(2)16-6-8-17(27-5)9-7-16/h6-12,15H,13H2,1-5H3,(H,21,23)/t15-/m1/s1. The first-order chi connectivity index (χ1) is 13.1. The Morgan fingerprint density at radius 1 is 1.18 bits per heavy atom. The number of sulfonamides is 1. The van der Waals surface area contributed by atoms with Crippen LogP contribution in [0.25, 0.3) is 0 Å². The molecule has 1 N–H and O–H groups in total. The zero-order chi connectivity index (χ0) is 20.9. The van der Waals surface area contributed by atoms with Gasteiger partial charge < -0.3 is 10.1 Å². The van der Waals surface area contributed by atoms with E-state index in [-0.39, 0.29) is 23.5 Å². The van der Waals surface area contributed by atoms with Gasteiger partial charge in [-0.25, -0.2) is 12.7 Å². The molecule has 0 aliphatic heterocycles. The number of rotatable bonds is 8. The van der Waals surface area contributed by atoms with Crippen LogP contribution in [0.1, 0.15) is 24.1 Å². The van der Waals surface area contributed by atoms with Crippen molar-refractivity contribution in [2.75, 3.05) is 27.0 Å². The first-order valence-electron chi connectivity index (χ1n) is 8.74. The number of nitrogens with zero attached hydrogens (tertiary/aromatic N) is 1. The Balaban J connectivity index is 1.96. The Hall–Kier alpha value is -2.03. The number of benzene rings is 2. The summed E-state index contributed by atoms with van der Waals surface area (Å²) < 4.78 is 31.1. The van der Waals surface area contributed by atoms with E-state index in [0.717, 1.165) is 9.87 Å². The number of hydrogen-bond donors (Lipinski definition) is 1. The van der Waals surface area contributed by atoms with Crippen molar-refractivity contribution in [1.82, 2.24) is 9.62 Å². The maximum atomic E-state index is 12.2. The molecule has 8 heteroatoms. The Labute approximate surface area is 171 Å². The van der Waals surface area contributed by atoms with Crippen LogP contribution >= 0.6 is 11.8 Å². The van der Waals surface area contributed by atoms with Crippen molar-refractivity contribution in [3.8, 4) is 5.75 Å². The molecule has 0 aliphatic rings. The molecule has 0 heterocycles. The van der Waals surface area contributed by atoms with Crippen molar-refractivity contribution < 1.29 is 17.9 Å². The molecule has 28 heavy (non-hydrogen) atoms. The Kier molecular flexibility index (Phi) is 7.51. The molecule has 0 aromatic heterocycles. The largest absolute Gasteiger partial charge is 0.484 e. The predicted octanol–water partition coefficient (Wildman–Crippen LogP) is 3.22. The van der Waals surface area contributed by atoms with E-state index >= 15 is 0 Å². The Morgan fingerprint density at radius 3 is 2.36 bits per heavy atom. The van der Waals surface area contributed by atoms with Crippen molar-refractivity contribution in [2.45, 2.75) is 29.7 Å². The van der Waals surface area contributed by atoms with E-state index < -0.39 is 10.0 Å². The Bertz CT molecular complexity index is 926. The lowest BCUT2D eigenvalue weighted by Crippen LogP contribution is -2.31. The summed E-state index contributed by atoms with van der Waals surface area (Å²) in [5.74, 6) is 0.232. The highest BCUT2D eigenvalue weighted by atomic mass is 32.2. The predicted molar refractivity (Wildman–Crippen MR) is 112 cm³/mol. The number of thioether (sulfide) groups is 1. The average Bonchev–Trinajstić information content (AvgIpc) is 2.66. The number of carbonyl (C=O) groups excluding carboxylic acids is 1. The first kappa shape index (κ1) is 22.3. The third-order valence-corrected chi connectivity index (χ3v) is 6.83. The molecule has 0 bridgehead atoms. The fourth-order valence-electron chi connectivity index (χ4n) is 2.56. The minimum atomic E-state index is -3.50. The van der Waals surface area contributed by atoms with Crippen molar-refractivity contribution >= 4 is 27.7 Å². The van der Waals surface area contributed by atoms with Crippen molar-refractivity contribution in [3.63, 3.8) is 0 Å². The number of nitrogens with one attached hydrogen (secondary N) is 1. The van der Waals surface area contributed by atoms with Gasteiger partial charge in [-0.1, -0.05) is 12.1 Å². The van der Waals surface area contributed by atoms with Gasteiger partial charge >= 0.3 is 0 Å². The molecular weight excluding hydrogens is 396 g/mol. The molecule has 0 aliphatic carbocycles. The van der Waals surface area contributed by atoms with E-state index in [1.165, 1.54) is 25.1 Å². The fraction of sp³-hybridized carbons (Fsp3) is 0.350. The summed E-state index contributed by atoms with van der Waals surface area (Å²) in [4.78, 5) is 13.6. The second-order valence-electron chi connectivity index (χ2n) is 6.57. The lowest BCUT2D eigenvalue weighted by atomic mass is 10.1. The van der Waals surface area contributed by atoms with Crippen LogP contribution in [0.4, 0.5) is 0 Å². The van der Waals surface area contributed by atoms with E-state index in [1.807, 2.05) is 37.4 Å². The van der Waals surface area contributed by atoms with E-state index in [1.54, 1.807) is 30.8 Å². The third kappa shape index (κ3) is 5.50. The van der Waals surface area contributed by atoms with E-state index in [0.29, 0.717) is 11.3 Å². The fourth-order valence-corrected chi connectivity index (χ4v) is 3.95. The highest BCUT2D eigenvalue weighted by Gasteiger charge is 2.18. The smallest absolute Gasteiger partial charge is 0.258 e. The molecule has 0 unspecified atom stereocenters. The van der Waals surface area contributed by atoms with Gasteiger partial charge in [0, 0.05) is 19.0 Å². The van der Waals surface area contributed by atoms with Gasteiger partial charge in [0.1, 0.15) is 5.75 Å². The van der Waals surface area contributed by atoms with Gasteiger partial charge in [0.05, 0.1) is 10.9 Å². The molecule has 0 saturated heterocycles. The number of aryl methyl sites for hydroxylation is 1. The molecule has 2 rings (SSSR count). The van der Waals surface area contributed by atoms with Crippen LogP contribution in [0.5, 0.6) is 5.75 Å². The zero-order valence-corrected chi connectivity index (χ0v) is 18.4. The number of ether oxygens (including phenoxy) is 1. The summed E-state index contributed by atoms with van der Waals surface area (Å²) in [5.41, 5.74) is 1.66. The molecule has 0 saturated carbocycles. The zero-order valence-electron chi connectivity index (χ0n) is 16.7. The molecule has 2 aromatic carbocycles. The number of hydrogen-bond acceptors (Lipinski definition) is 5. The maximum absolute atomic E-state index is 12.2. The van der Waals surface area contributed by atoms with Crippen LogP contribution in [-0.2, 0) is 14.8 Å². The summed E-state index contributed by atoms with van der Waals surface area (Å²) in [6.45, 7) is 3.52. The molecule has 152 valence electrons. The summed E-state index contributed by atoms with van der Waals surface area (Å²) in [6.07, 6.45) is 2.02. The van der Waals surface area contributed by atoms with Crippen LogP contribution in [0.15, 0.2) is 52.3 Å². The van der Waals surface area contributed by atoms with Crippen LogP contribution in [0.3, 0.4) is 0 Å². The lowest BCUT2D eigenvalue weighted by Gasteiger charge is -2.16. The van der Waals surface area contributed by atoms with Gasteiger partial charge in [-0.05, 0) is 61.6 Å². The van der Waals surface area contributed by atoms with Crippen LogP contribution in [0, 0.1) is 6.92 Å². The minimum Gasteiger partial charge on any atom is -0.484 e. The molecule has 1 amide bonds. The molecule has 1 atom stereocenters. The highest BCUT2D eigenvalue weighted by molar-refractivity contribution is 7.98. The average molecular weight is 423 g/mol. The molecular formula is C20H26N2O4S2. The van der Waals surface area contributed by atoms with Gasteiger partial charge in [-0.15, -0.1) is 11.8 Å². The molecule has 0 radical (unpaired) electrons. The minimum absolute atomic E-state index is 0.138. The third-order valence-electron chi connectivity index (χ3n) is 4.28. The number of carbonyl (C=O) groups is 1. The summed E-state index contributed by atoms with van der Waals surface area (Å²) in [5, 5.41) is 2.90. The molecule has 6 nitrogen and oxygen atoms in total. The van der Waals surface area contributed by atoms with E-state index in [4.69, 9.17) is 4.74 Å². The normalized spacial score (nSPS) is 12.6. The summed E-state index contributed by atoms with van der Waals surface area (Å²) in [7, 11) is -0.539. The van der Waals surface area contributed by atoms with Crippen LogP contribution in [-0.4, -0.2) is 45.6 Å². The highest BCUT2D eigenvalue weighted by Crippen LogP contribution is 2.23. The second kappa shape index (κ2) is 9.45. The molecule has 0 spiro atoms. The van der Waals surface area contributed by atoms with Crippen LogP contribution < -0.4 is 10.1 Å². The van der Waals surface area contributed by atoms with E-state index in [2.05, 4.69) is 5.32 Å². The topological polar surface area (TPSA) is 75.7 Å². The monoisotopic (exact) mass is 422 g/mol. The lowest BCUT2D eigenvalue weighted by molar-refractivity contribution is -0.123. The number of amides is 1. The van der Waals surface area contributed by atoms with Gasteiger partial charge in [0.15, 0.2) is 6.61 Å². The van der Waals surface area contributed by atoms with Gasteiger partial charge in [0.25, 0.3) is 5.91 Å². The Morgan fingerprint density at radius 2 is 1.82 bits per heavy atom. The maximum Gasteiger partial charge on any atom is 0.258 e. The van der Waals surface area contributed by atoms with Gasteiger partial charge in [0.2, 0.25) is 10.0 Å². The van der Waals surface area contributed by atoms with Crippen LogP contribution in [0.2, 0.25) is 0 Å². The molecule has 2 aromatic rings. The molecule has 0 fully saturated rings. The van der Waals surface area contributed by atoms with Crippen molar-refractivity contribution in [1.29, 1.82) is 0 Å². The van der Waals surface area contributed by atoms with E-state index in [9.17, 15) is 13.2 Å². The van der Waals surface area contributed by atoms with Gasteiger partial charge in [-0.2, -0.15) is 0 Å².